The molecule has 0 radical (unpaired) electrons. The molecule has 0 spiro atoms. The predicted molar refractivity (Wildman–Crippen MR) is 79.3 cm³/mol. The summed E-state index contributed by atoms with van der Waals surface area (Å²) in [6.45, 7) is 0. The van der Waals surface area contributed by atoms with Crippen LogP contribution in [-0.4, -0.2) is 15.5 Å². The van der Waals surface area contributed by atoms with Crippen molar-refractivity contribution in [3.05, 3.63) is 42.5 Å². The second-order valence-electron chi connectivity index (χ2n) is 3.99. The fraction of sp³-hybridized carbons (Fsp3) is 0.0769. The summed E-state index contributed by atoms with van der Waals surface area (Å²) in [4.78, 5) is 1.46. The van der Waals surface area contributed by atoms with Crippen molar-refractivity contribution < 1.29 is 13.2 Å². The van der Waals surface area contributed by atoms with E-state index in [4.69, 9.17) is 15.6 Å². The zero-order chi connectivity index (χ0) is 14.8. The Bertz CT molecular complexity index is 730. The van der Waals surface area contributed by atoms with Crippen molar-refractivity contribution in [2.24, 2.45) is 5.14 Å². The molecule has 0 heterocycles. The van der Waals surface area contributed by atoms with Gasteiger partial charge in [-0.3, -0.25) is 0 Å². The Morgan fingerprint density at radius 1 is 1.15 bits per heavy atom. The van der Waals surface area contributed by atoms with Gasteiger partial charge in [-0.15, -0.1) is 0 Å². The first-order chi connectivity index (χ1) is 9.41. The van der Waals surface area contributed by atoms with E-state index in [1.165, 1.54) is 17.8 Å². The van der Waals surface area contributed by atoms with Crippen LogP contribution in [0.3, 0.4) is 0 Å². The molecule has 7 heteroatoms. The topological polar surface area (TPSA) is 95.4 Å². The number of rotatable bonds is 4. The highest BCUT2D eigenvalue weighted by molar-refractivity contribution is 7.99. The lowest BCUT2D eigenvalue weighted by Gasteiger charge is -2.09. The van der Waals surface area contributed by atoms with Gasteiger partial charge < -0.3 is 10.5 Å². The molecule has 0 aromatic heterocycles. The molecule has 0 unspecified atom stereocenters. The molecule has 4 N–H and O–H groups in total. The Hall–Kier alpha value is -1.70. The monoisotopic (exact) mass is 310 g/mol. The Morgan fingerprint density at radius 2 is 1.85 bits per heavy atom. The van der Waals surface area contributed by atoms with Crippen LogP contribution in [0, 0.1) is 0 Å². The quantitative estimate of drug-likeness (QED) is 0.843. The summed E-state index contributed by atoms with van der Waals surface area (Å²) in [6.07, 6.45) is 0. The molecule has 106 valence electrons. The van der Waals surface area contributed by atoms with Crippen LogP contribution in [0.5, 0.6) is 5.75 Å². The van der Waals surface area contributed by atoms with Crippen molar-refractivity contribution in [1.29, 1.82) is 0 Å². The number of sulfonamides is 1. The second-order valence-corrected chi connectivity index (χ2v) is 6.64. The third-order valence-electron chi connectivity index (χ3n) is 2.60. The van der Waals surface area contributed by atoms with E-state index < -0.39 is 10.0 Å². The maximum Gasteiger partial charge on any atom is 0.240 e. The van der Waals surface area contributed by atoms with E-state index in [0.717, 1.165) is 10.6 Å². The van der Waals surface area contributed by atoms with Gasteiger partial charge in [0.05, 0.1) is 12.8 Å². The number of primary sulfonamides is 1. The Kier molecular flexibility index (Phi) is 4.22. The minimum Gasteiger partial charge on any atom is -0.497 e. The van der Waals surface area contributed by atoms with Crippen LogP contribution in [0.4, 0.5) is 5.69 Å². The highest BCUT2D eigenvalue weighted by Gasteiger charge is 2.15. The van der Waals surface area contributed by atoms with E-state index in [9.17, 15) is 8.42 Å². The summed E-state index contributed by atoms with van der Waals surface area (Å²) in [6, 6.07) is 12.1. The minimum atomic E-state index is -3.82. The van der Waals surface area contributed by atoms with Gasteiger partial charge in [-0.25, -0.2) is 13.6 Å². The van der Waals surface area contributed by atoms with Gasteiger partial charge in [0.25, 0.3) is 0 Å². The summed E-state index contributed by atoms with van der Waals surface area (Å²) in [5.41, 5.74) is 6.03. The zero-order valence-electron chi connectivity index (χ0n) is 10.7. The highest BCUT2D eigenvalue weighted by atomic mass is 32.2. The fourth-order valence-corrected chi connectivity index (χ4v) is 3.34. The van der Waals surface area contributed by atoms with E-state index in [-0.39, 0.29) is 10.6 Å². The molecular formula is C13H14N2O3S2. The fourth-order valence-electron chi connectivity index (χ4n) is 1.65. The smallest absolute Gasteiger partial charge is 0.240 e. The van der Waals surface area contributed by atoms with Gasteiger partial charge in [0.2, 0.25) is 10.0 Å². The average molecular weight is 310 g/mol. The molecule has 0 aliphatic carbocycles. The van der Waals surface area contributed by atoms with Crippen LogP contribution in [0.2, 0.25) is 0 Å². The minimum absolute atomic E-state index is 0.0644. The SMILES string of the molecule is COc1cccc(Sc2cccc(S(N)(=O)=O)c2N)c1. The second kappa shape index (κ2) is 5.74. The summed E-state index contributed by atoms with van der Waals surface area (Å²) >= 11 is 1.35. The number of hydrogen-bond donors (Lipinski definition) is 2. The van der Waals surface area contributed by atoms with Gasteiger partial charge in [-0.2, -0.15) is 0 Å². The van der Waals surface area contributed by atoms with E-state index in [0.29, 0.717) is 4.90 Å². The zero-order valence-corrected chi connectivity index (χ0v) is 12.4. The van der Waals surface area contributed by atoms with Crippen LogP contribution < -0.4 is 15.6 Å². The predicted octanol–water partition coefficient (Wildman–Crippen LogP) is 2.08. The number of nitrogens with two attached hydrogens (primary N) is 2. The molecule has 2 aromatic carbocycles. The molecule has 0 aliphatic heterocycles. The summed E-state index contributed by atoms with van der Waals surface area (Å²) in [7, 11) is -2.24. The number of anilines is 1. The van der Waals surface area contributed by atoms with Crippen LogP contribution in [0.15, 0.2) is 57.2 Å². The van der Waals surface area contributed by atoms with Crippen LogP contribution in [0.1, 0.15) is 0 Å². The molecule has 0 aliphatic rings. The number of methoxy groups -OCH3 is 1. The van der Waals surface area contributed by atoms with Crippen molar-refractivity contribution >= 4 is 27.5 Å². The molecule has 2 rings (SSSR count). The van der Waals surface area contributed by atoms with E-state index in [1.54, 1.807) is 19.2 Å². The summed E-state index contributed by atoms with van der Waals surface area (Å²) < 4.78 is 28.0. The molecular weight excluding hydrogens is 296 g/mol. The third-order valence-corrected chi connectivity index (χ3v) is 4.64. The van der Waals surface area contributed by atoms with E-state index >= 15 is 0 Å². The number of nitrogen functional groups attached to an aromatic ring is 1. The molecule has 0 saturated carbocycles. The van der Waals surface area contributed by atoms with Crippen LogP contribution >= 0.6 is 11.8 Å². The standard InChI is InChI=1S/C13H14N2O3S2/c1-18-9-4-2-5-10(8-9)19-11-6-3-7-12(13(11)14)20(15,16)17/h2-8H,14H2,1H3,(H2,15,16,17). The largest absolute Gasteiger partial charge is 0.497 e. The lowest BCUT2D eigenvalue weighted by molar-refractivity contribution is 0.413. The molecule has 20 heavy (non-hydrogen) atoms. The van der Waals surface area contributed by atoms with Gasteiger partial charge >= 0.3 is 0 Å². The highest BCUT2D eigenvalue weighted by Crippen LogP contribution is 2.36. The number of hydrogen-bond acceptors (Lipinski definition) is 5. The van der Waals surface area contributed by atoms with Gasteiger partial charge in [0.1, 0.15) is 10.6 Å². The summed E-state index contributed by atoms with van der Waals surface area (Å²) in [5.74, 6) is 0.719. The molecule has 0 atom stereocenters. The van der Waals surface area contributed by atoms with E-state index in [1.807, 2.05) is 24.3 Å². The normalized spacial score (nSPS) is 11.3. The maximum atomic E-state index is 11.4. The lowest BCUT2D eigenvalue weighted by Crippen LogP contribution is -2.14. The molecule has 5 nitrogen and oxygen atoms in total. The number of ether oxygens (including phenoxy) is 1. The van der Waals surface area contributed by atoms with Gasteiger partial charge in [-0.05, 0) is 30.3 Å². The molecule has 0 saturated heterocycles. The third kappa shape index (κ3) is 3.24. The molecule has 0 amide bonds. The van der Waals surface area contributed by atoms with Crippen molar-refractivity contribution in [1.82, 2.24) is 0 Å². The van der Waals surface area contributed by atoms with Gasteiger partial charge in [0, 0.05) is 9.79 Å². The maximum absolute atomic E-state index is 11.4. The Labute approximate surface area is 122 Å². The van der Waals surface area contributed by atoms with Gasteiger partial charge in [-0.1, -0.05) is 23.9 Å². The summed E-state index contributed by atoms with van der Waals surface area (Å²) in [5, 5.41) is 5.13. The number of benzene rings is 2. The van der Waals surface area contributed by atoms with Crippen molar-refractivity contribution in [3.63, 3.8) is 0 Å². The average Bonchev–Trinajstić information content (AvgIpc) is 2.40. The van der Waals surface area contributed by atoms with Crippen molar-refractivity contribution in [3.8, 4) is 5.75 Å². The van der Waals surface area contributed by atoms with E-state index in [2.05, 4.69) is 0 Å². The Morgan fingerprint density at radius 3 is 2.50 bits per heavy atom. The number of para-hydroxylation sites is 1. The van der Waals surface area contributed by atoms with Crippen molar-refractivity contribution in [2.75, 3.05) is 12.8 Å². The first kappa shape index (κ1) is 14.7. The first-order valence-corrected chi connectivity index (χ1v) is 8.01. The molecule has 2 aromatic rings. The molecule has 0 fully saturated rings. The van der Waals surface area contributed by atoms with Crippen LogP contribution in [-0.2, 0) is 10.0 Å². The van der Waals surface area contributed by atoms with Crippen LogP contribution in [0.25, 0.3) is 0 Å². The lowest BCUT2D eigenvalue weighted by atomic mass is 10.3. The Balaban J connectivity index is 2.39. The molecule has 0 bridgehead atoms. The van der Waals surface area contributed by atoms with Gasteiger partial charge in [0.15, 0.2) is 0 Å². The van der Waals surface area contributed by atoms with Crippen molar-refractivity contribution in [2.45, 2.75) is 14.7 Å². The first-order valence-electron chi connectivity index (χ1n) is 5.65.